The second kappa shape index (κ2) is 7.63. The maximum absolute atomic E-state index is 3.55. The summed E-state index contributed by atoms with van der Waals surface area (Å²) in [4.78, 5) is 3.91. The van der Waals surface area contributed by atoms with E-state index in [2.05, 4.69) is 54.4 Å². The zero-order chi connectivity index (χ0) is 13.5. The van der Waals surface area contributed by atoms with Gasteiger partial charge in [0.2, 0.25) is 0 Å². The van der Waals surface area contributed by atoms with E-state index in [1.165, 1.54) is 27.9 Å². The van der Waals surface area contributed by atoms with Gasteiger partial charge in [-0.15, -0.1) is 11.3 Å². The standard InChI is InChI=1S/C16H24N2S/c1-3-18(4-2)11-7-10-17-13-15-12-14-8-5-6-9-16(14)19-15/h5-6,8-9,12,17H,3-4,7,10-11,13H2,1-2H3. The molecule has 1 aromatic heterocycles. The maximum Gasteiger partial charge on any atom is 0.0346 e. The molecule has 3 heteroatoms. The van der Waals surface area contributed by atoms with Crippen molar-refractivity contribution >= 4 is 21.4 Å². The molecule has 19 heavy (non-hydrogen) atoms. The van der Waals surface area contributed by atoms with Crippen molar-refractivity contribution in [3.05, 3.63) is 35.2 Å². The molecule has 104 valence electrons. The smallest absolute Gasteiger partial charge is 0.0346 e. The van der Waals surface area contributed by atoms with Gasteiger partial charge in [0.1, 0.15) is 0 Å². The van der Waals surface area contributed by atoms with Crippen LogP contribution < -0.4 is 5.32 Å². The Bertz CT molecular complexity index is 455. The molecule has 0 saturated carbocycles. The molecule has 0 fully saturated rings. The lowest BCUT2D eigenvalue weighted by Crippen LogP contribution is -2.27. The van der Waals surface area contributed by atoms with Gasteiger partial charge in [-0.1, -0.05) is 32.0 Å². The van der Waals surface area contributed by atoms with Gasteiger partial charge in [0, 0.05) is 16.1 Å². The first-order valence-corrected chi connectivity index (χ1v) is 8.05. The third-order valence-electron chi connectivity index (χ3n) is 3.50. The quantitative estimate of drug-likeness (QED) is 0.739. The average molecular weight is 276 g/mol. The van der Waals surface area contributed by atoms with E-state index >= 15 is 0 Å². The maximum atomic E-state index is 3.55. The van der Waals surface area contributed by atoms with Gasteiger partial charge in [0.15, 0.2) is 0 Å². The van der Waals surface area contributed by atoms with Gasteiger partial charge in [-0.2, -0.15) is 0 Å². The minimum atomic E-state index is 0.998. The molecule has 1 N–H and O–H groups in total. The normalized spacial score (nSPS) is 11.5. The summed E-state index contributed by atoms with van der Waals surface area (Å²) in [5.74, 6) is 0. The van der Waals surface area contributed by atoms with Gasteiger partial charge in [-0.25, -0.2) is 0 Å². The van der Waals surface area contributed by atoms with Crippen LogP contribution in [0.3, 0.4) is 0 Å². The number of thiophene rings is 1. The molecule has 2 aromatic rings. The van der Waals surface area contributed by atoms with Crippen LogP contribution in [0.5, 0.6) is 0 Å². The van der Waals surface area contributed by atoms with Crippen molar-refractivity contribution in [1.29, 1.82) is 0 Å². The molecule has 0 aliphatic heterocycles. The highest BCUT2D eigenvalue weighted by Crippen LogP contribution is 2.24. The molecule has 2 nitrogen and oxygen atoms in total. The highest BCUT2D eigenvalue weighted by molar-refractivity contribution is 7.19. The van der Waals surface area contributed by atoms with Crippen LogP contribution in [0.1, 0.15) is 25.1 Å². The number of fused-ring (bicyclic) bond motifs is 1. The molecule has 0 amide bonds. The van der Waals surface area contributed by atoms with Crippen LogP contribution in [0.25, 0.3) is 10.1 Å². The van der Waals surface area contributed by atoms with Gasteiger partial charge in [-0.05, 0) is 50.1 Å². The molecule has 0 spiro atoms. The Morgan fingerprint density at radius 3 is 2.68 bits per heavy atom. The fourth-order valence-electron chi connectivity index (χ4n) is 2.30. The van der Waals surface area contributed by atoms with Crippen molar-refractivity contribution in [2.75, 3.05) is 26.2 Å². The van der Waals surface area contributed by atoms with Crippen molar-refractivity contribution in [3.8, 4) is 0 Å². The highest BCUT2D eigenvalue weighted by atomic mass is 32.1. The summed E-state index contributed by atoms with van der Waals surface area (Å²) in [6.45, 7) is 10.1. The van der Waals surface area contributed by atoms with E-state index in [0.717, 1.165) is 26.2 Å². The van der Waals surface area contributed by atoms with Gasteiger partial charge in [-0.3, -0.25) is 0 Å². The van der Waals surface area contributed by atoms with E-state index in [1.807, 2.05) is 11.3 Å². The molecule has 0 aliphatic rings. The number of benzene rings is 1. The van der Waals surface area contributed by atoms with Crippen molar-refractivity contribution < 1.29 is 0 Å². The van der Waals surface area contributed by atoms with Crippen LogP contribution in [0.4, 0.5) is 0 Å². The lowest BCUT2D eigenvalue weighted by Gasteiger charge is -2.17. The first kappa shape index (κ1) is 14.5. The molecule has 0 saturated heterocycles. The van der Waals surface area contributed by atoms with E-state index in [-0.39, 0.29) is 0 Å². The lowest BCUT2D eigenvalue weighted by molar-refractivity contribution is 0.298. The Morgan fingerprint density at radius 2 is 1.95 bits per heavy atom. The number of nitrogens with one attached hydrogen (secondary N) is 1. The van der Waals surface area contributed by atoms with Crippen LogP contribution in [-0.4, -0.2) is 31.1 Å². The van der Waals surface area contributed by atoms with Crippen molar-refractivity contribution in [2.24, 2.45) is 0 Å². The van der Waals surface area contributed by atoms with Crippen LogP contribution >= 0.6 is 11.3 Å². The second-order valence-corrected chi connectivity index (χ2v) is 5.98. The fraction of sp³-hybridized carbons (Fsp3) is 0.500. The van der Waals surface area contributed by atoms with Gasteiger partial charge in [0.25, 0.3) is 0 Å². The summed E-state index contributed by atoms with van der Waals surface area (Å²) < 4.78 is 1.39. The van der Waals surface area contributed by atoms with E-state index in [1.54, 1.807) is 0 Å². The Kier molecular flexibility index (Phi) is 5.83. The molecule has 1 heterocycles. The Hall–Kier alpha value is -0.900. The van der Waals surface area contributed by atoms with Crippen molar-refractivity contribution in [1.82, 2.24) is 10.2 Å². The first-order valence-electron chi connectivity index (χ1n) is 7.24. The van der Waals surface area contributed by atoms with Crippen LogP contribution in [0.2, 0.25) is 0 Å². The SMILES string of the molecule is CCN(CC)CCCNCc1cc2ccccc2s1. The zero-order valence-corrected chi connectivity index (χ0v) is 12.8. The predicted molar refractivity (Wildman–Crippen MR) is 85.9 cm³/mol. The summed E-state index contributed by atoms with van der Waals surface area (Å²) in [6, 6.07) is 10.9. The first-order chi connectivity index (χ1) is 9.33. The predicted octanol–water partition coefficient (Wildman–Crippen LogP) is 3.72. The van der Waals surface area contributed by atoms with E-state index < -0.39 is 0 Å². The van der Waals surface area contributed by atoms with Crippen molar-refractivity contribution in [2.45, 2.75) is 26.8 Å². The second-order valence-electron chi connectivity index (χ2n) is 4.81. The van der Waals surface area contributed by atoms with Gasteiger partial charge < -0.3 is 10.2 Å². The molecule has 1 aromatic carbocycles. The third kappa shape index (κ3) is 4.30. The fourth-order valence-corrected chi connectivity index (χ4v) is 3.34. The van der Waals surface area contributed by atoms with Crippen LogP contribution in [-0.2, 0) is 6.54 Å². The molecule has 0 aliphatic carbocycles. The molecule has 0 radical (unpaired) electrons. The number of rotatable bonds is 8. The molecule has 2 rings (SSSR count). The Balaban J connectivity index is 1.71. The van der Waals surface area contributed by atoms with Gasteiger partial charge in [0.05, 0.1) is 0 Å². The van der Waals surface area contributed by atoms with E-state index in [4.69, 9.17) is 0 Å². The Morgan fingerprint density at radius 1 is 1.16 bits per heavy atom. The van der Waals surface area contributed by atoms with E-state index in [0.29, 0.717) is 0 Å². The summed E-state index contributed by atoms with van der Waals surface area (Å²) in [7, 11) is 0. The molecular formula is C16H24N2S. The monoisotopic (exact) mass is 276 g/mol. The zero-order valence-electron chi connectivity index (χ0n) is 12.0. The van der Waals surface area contributed by atoms with Crippen LogP contribution in [0, 0.1) is 0 Å². The summed E-state index contributed by atoms with van der Waals surface area (Å²) >= 11 is 1.90. The summed E-state index contributed by atoms with van der Waals surface area (Å²) in [5, 5.41) is 4.92. The molecule has 0 unspecified atom stereocenters. The summed E-state index contributed by atoms with van der Waals surface area (Å²) in [5.41, 5.74) is 0. The molecule has 0 bridgehead atoms. The molecule has 0 atom stereocenters. The number of hydrogen-bond acceptors (Lipinski definition) is 3. The van der Waals surface area contributed by atoms with Crippen LogP contribution in [0.15, 0.2) is 30.3 Å². The third-order valence-corrected chi connectivity index (χ3v) is 4.61. The van der Waals surface area contributed by atoms with Crippen molar-refractivity contribution in [3.63, 3.8) is 0 Å². The number of nitrogens with zero attached hydrogens (tertiary/aromatic N) is 1. The minimum Gasteiger partial charge on any atom is -0.312 e. The average Bonchev–Trinajstić information content (AvgIpc) is 2.85. The topological polar surface area (TPSA) is 15.3 Å². The lowest BCUT2D eigenvalue weighted by atomic mass is 10.2. The highest BCUT2D eigenvalue weighted by Gasteiger charge is 2.01. The van der Waals surface area contributed by atoms with Gasteiger partial charge >= 0.3 is 0 Å². The number of hydrogen-bond donors (Lipinski definition) is 1. The largest absolute Gasteiger partial charge is 0.312 e. The molecular weight excluding hydrogens is 252 g/mol. The Labute approximate surface area is 120 Å². The minimum absolute atomic E-state index is 0.998. The summed E-state index contributed by atoms with van der Waals surface area (Å²) in [6.07, 6.45) is 1.23. The van der Waals surface area contributed by atoms with E-state index in [9.17, 15) is 0 Å².